The van der Waals surface area contributed by atoms with Crippen molar-refractivity contribution in [2.45, 2.75) is 19.8 Å². The summed E-state index contributed by atoms with van der Waals surface area (Å²) in [4.78, 5) is 26.6. The van der Waals surface area contributed by atoms with Crippen molar-refractivity contribution in [3.8, 4) is 0 Å². The van der Waals surface area contributed by atoms with Gasteiger partial charge in [-0.15, -0.1) is 0 Å². The zero-order valence-corrected chi connectivity index (χ0v) is 15.6. The van der Waals surface area contributed by atoms with Gasteiger partial charge in [-0.1, -0.05) is 13.8 Å². The second-order valence-corrected chi connectivity index (χ2v) is 7.08. The second kappa shape index (κ2) is 7.36. The predicted molar refractivity (Wildman–Crippen MR) is 109 cm³/mol. The molecule has 1 aliphatic rings. The fraction of sp³-hybridized carbons (Fsp3) is 0.350. The molecule has 1 aliphatic heterocycles. The van der Waals surface area contributed by atoms with Crippen molar-refractivity contribution in [2.75, 3.05) is 36.4 Å². The van der Waals surface area contributed by atoms with Gasteiger partial charge in [0.1, 0.15) is 5.82 Å². The van der Waals surface area contributed by atoms with E-state index >= 15 is 0 Å². The van der Waals surface area contributed by atoms with Crippen LogP contribution in [0.5, 0.6) is 0 Å². The van der Waals surface area contributed by atoms with Crippen molar-refractivity contribution in [1.29, 1.82) is 0 Å². The maximum absolute atomic E-state index is 12.4. The number of aromatic amines is 1. The van der Waals surface area contributed by atoms with Crippen molar-refractivity contribution in [3.63, 3.8) is 0 Å². The first kappa shape index (κ1) is 17.5. The molecule has 4 rings (SSSR count). The summed E-state index contributed by atoms with van der Waals surface area (Å²) in [5.74, 6) is 0.969. The van der Waals surface area contributed by atoms with Crippen molar-refractivity contribution in [3.05, 3.63) is 52.7 Å². The Morgan fingerprint density at radius 2 is 2.00 bits per heavy atom. The average molecular weight is 364 g/mol. The number of fused-ring (bicyclic) bond motifs is 1. The molecule has 0 atom stereocenters. The number of pyridine rings is 3. The number of hydrogen-bond acceptors (Lipinski definition) is 6. The Kier molecular flexibility index (Phi) is 4.77. The molecule has 1 saturated heterocycles. The maximum atomic E-state index is 12.4. The molecule has 27 heavy (non-hydrogen) atoms. The van der Waals surface area contributed by atoms with Crippen LogP contribution >= 0.6 is 0 Å². The lowest BCUT2D eigenvalue weighted by Crippen LogP contribution is -2.43. The molecule has 0 bridgehead atoms. The number of aromatic nitrogens is 3. The molecular weight excluding hydrogens is 340 g/mol. The summed E-state index contributed by atoms with van der Waals surface area (Å²) >= 11 is 0. The quantitative estimate of drug-likeness (QED) is 0.660. The normalized spacial score (nSPS) is 14.7. The molecule has 0 aromatic carbocycles. The van der Waals surface area contributed by atoms with Gasteiger partial charge in [0.25, 0.3) is 5.56 Å². The average Bonchev–Trinajstić information content (AvgIpc) is 2.69. The summed E-state index contributed by atoms with van der Waals surface area (Å²) < 4.78 is 0. The molecule has 4 heterocycles. The Morgan fingerprint density at radius 1 is 1.19 bits per heavy atom. The monoisotopic (exact) mass is 364 g/mol. The van der Waals surface area contributed by atoms with Crippen molar-refractivity contribution in [1.82, 2.24) is 20.3 Å². The van der Waals surface area contributed by atoms with Gasteiger partial charge in [-0.05, 0) is 30.2 Å². The van der Waals surface area contributed by atoms with E-state index in [9.17, 15) is 4.79 Å². The molecule has 3 aromatic heterocycles. The highest BCUT2D eigenvalue weighted by Crippen LogP contribution is 2.26. The van der Waals surface area contributed by atoms with Crippen molar-refractivity contribution >= 4 is 28.1 Å². The first-order valence-corrected chi connectivity index (χ1v) is 9.33. The van der Waals surface area contributed by atoms with E-state index in [0.29, 0.717) is 16.7 Å². The molecule has 0 spiro atoms. The topological polar surface area (TPSA) is 85.9 Å². The van der Waals surface area contributed by atoms with Gasteiger partial charge in [0.05, 0.1) is 28.5 Å². The Bertz CT molecular complexity index is 990. The summed E-state index contributed by atoms with van der Waals surface area (Å²) in [6, 6.07) is 7.79. The largest absolute Gasteiger partial charge is 0.368 e. The van der Waals surface area contributed by atoms with E-state index in [2.05, 4.69) is 50.4 Å². The highest BCUT2D eigenvalue weighted by molar-refractivity contribution is 5.92. The van der Waals surface area contributed by atoms with Gasteiger partial charge in [-0.25, -0.2) is 4.98 Å². The summed E-state index contributed by atoms with van der Waals surface area (Å²) in [6.07, 6.45) is 3.51. The molecule has 0 amide bonds. The lowest BCUT2D eigenvalue weighted by Gasteiger charge is -2.29. The lowest BCUT2D eigenvalue weighted by molar-refractivity contribution is 0.589. The van der Waals surface area contributed by atoms with Gasteiger partial charge in [-0.3, -0.25) is 9.78 Å². The third kappa shape index (κ3) is 3.64. The summed E-state index contributed by atoms with van der Waals surface area (Å²) in [7, 11) is 0. The molecule has 3 aromatic rings. The van der Waals surface area contributed by atoms with Crippen LogP contribution in [0.2, 0.25) is 0 Å². The summed E-state index contributed by atoms with van der Waals surface area (Å²) in [5.41, 5.74) is 3.31. The second-order valence-electron chi connectivity index (χ2n) is 7.08. The molecule has 0 saturated carbocycles. The van der Waals surface area contributed by atoms with E-state index in [1.54, 1.807) is 6.20 Å². The van der Waals surface area contributed by atoms with Crippen molar-refractivity contribution in [2.24, 2.45) is 0 Å². The smallest absolute Gasteiger partial charge is 0.259 e. The van der Waals surface area contributed by atoms with Crippen LogP contribution in [0.4, 0.5) is 17.2 Å². The first-order chi connectivity index (χ1) is 13.1. The Balaban J connectivity index is 1.67. The molecule has 0 radical (unpaired) electrons. The van der Waals surface area contributed by atoms with E-state index in [1.807, 2.05) is 24.4 Å². The van der Waals surface area contributed by atoms with Gasteiger partial charge in [-0.2, -0.15) is 0 Å². The number of rotatable bonds is 4. The van der Waals surface area contributed by atoms with Crippen LogP contribution in [0.3, 0.4) is 0 Å². The van der Waals surface area contributed by atoms with Crippen LogP contribution < -0.4 is 21.1 Å². The minimum Gasteiger partial charge on any atom is -0.368 e. The molecule has 0 aliphatic carbocycles. The van der Waals surface area contributed by atoms with Crippen molar-refractivity contribution < 1.29 is 0 Å². The van der Waals surface area contributed by atoms with Gasteiger partial charge in [0.2, 0.25) is 0 Å². The summed E-state index contributed by atoms with van der Waals surface area (Å²) in [6.45, 7) is 8.12. The van der Waals surface area contributed by atoms with Gasteiger partial charge < -0.3 is 20.5 Å². The molecule has 7 heteroatoms. The Labute approximate surface area is 157 Å². The highest BCUT2D eigenvalue weighted by atomic mass is 16.1. The Morgan fingerprint density at radius 3 is 2.70 bits per heavy atom. The Hall–Kier alpha value is -2.93. The lowest BCUT2D eigenvalue weighted by atomic mass is 10.1. The molecule has 1 fully saturated rings. The van der Waals surface area contributed by atoms with E-state index < -0.39 is 0 Å². The van der Waals surface area contributed by atoms with Gasteiger partial charge >= 0.3 is 0 Å². The van der Waals surface area contributed by atoms with Gasteiger partial charge in [0.15, 0.2) is 0 Å². The van der Waals surface area contributed by atoms with Crippen LogP contribution in [0, 0.1) is 0 Å². The van der Waals surface area contributed by atoms with E-state index in [0.717, 1.165) is 43.2 Å². The van der Waals surface area contributed by atoms with Crippen LogP contribution in [0.1, 0.15) is 25.5 Å². The number of hydrogen-bond donors (Lipinski definition) is 3. The fourth-order valence-electron chi connectivity index (χ4n) is 3.32. The first-order valence-electron chi connectivity index (χ1n) is 9.33. The van der Waals surface area contributed by atoms with E-state index in [1.165, 1.54) is 0 Å². The maximum Gasteiger partial charge on any atom is 0.259 e. The number of nitrogens with one attached hydrogen (secondary N) is 3. The van der Waals surface area contributed by atoms with Crippen LogP contribution in [0.15, 0.2) is 41.5 Å². The predicted octanol–water partition coefficient (Wildman–Crippen LogP) is 2.59. The van der Waals surface area contributed by atoms with E-state index in [4.69, 9.17) is 0 Å². The zero-order valence-electron chi connectivity index (χ0n) is 15.6. The SMILES string of the molecule is CC(C)c1cc(Nc2ccc(N3CCNCC3)cn2)c2c(=O)[nH]ccc2n1. The third-order valence-corrected chi connectivity index (χ3v) is 4.83. The summed E-state index contributed by atoms with van der Waals surface area (Å²) in [5, 5.41) is 7.21. The number of H-pyrrole nitrogens is 1. The molecular formula is C20H24N6O. The van der Waals surface area contributed by atoms with Crippen LogP contribution in [-0.4, -0.2) is 41.1 Å². The molecule has 7 nitrogen and oxygen atoms in total. The fourth-order valence-corrected chi connectivity index (χ4v) is 3.32. The standard InChI is InChI=1S/C20H24N6O/c1-13(2)16-11-17(19-15(24-16)5-6-22-20(19)27)25-18-4-3-14(12-23-18)26-9-7-21-8-10-26/h3-6,11-13,21H,7-10H2,1-2H3,(H,22,27)(H,23,24,25). The highest BCUT2D eigenvalue weighted by Gasteiger charge is 2.13. The van der Waals surface area contributed by atoms with E-state index in [-0.39, 0.29) is 11.5 Å². The molecule has 140 valence electrons. The molecule has 0 unspecified atom stereocenters. The minimum absolute atomic E-state index is 0.157. The van der Waals surface area contributed by atoms with Gasteiger partial charge in [0, 0.05) is 38.1 Å². The minimum atomic E-state index is -0.157. The molecule has 3 N–H and O–H groups in total. The number of nitrogens with zero attached hydrogens (tertiary/aromatic N) is 3. The zero-order chi connectivity index (χ0) is 18.8. The number of anilines is 3. The third-order valence-electron chi connectivity index (χ3n) is 4.83. The number of piperazine rings is 1. The van der Waals surface area contributed by atoms with Crippen LogP contribution in [-0.2, 0) is 0 Å². The van der Waals surface area contributed by atoms with Crippen LogP contribution in [0.25, 0.3) is 10.9 Å².